The van der Waals surface area contributed by atoms with Crippen molar-refractivity contribution in [3.05, 3.63) is 45.5 Å². The van der Waals surface area contributed by atoms with Crippen molar-refractivity contribution in [2.24, 2.45) is 17.3 Å². The normalized spacial score (nSPS) is 17.6. The molecule has 0 bridgehead atoms. The number of rotatable bonds is 18. The van der Waals surface area contributed by atoms with Crippen LogP contribution in [0.2, 0.25) is 36.3 Å². The second kappa shape index (κ2) is 17.7. The SMILES string of the molecule is C/C(=C/C[C@H](O)/C(C)=C/c1csc(C)n1)C/C=C/[C@H](C)[C@H](O[Si](C)(C)C(C)(C)C)[C@@H](C)C(=O)C(C)(C)[C@H](CC(=O)O)O[Si](C)(C)C(C)(C)C. The molecule has 0 saturated heterocycles. The Balaban J connectivity index is 3.30. The van der Waals surface area contributed by atoms with Crippen LogP contribution in [0.4, 0.5) is 0 Å². The standard InChI is InChI=1S/C39H69NO6SSi2/c1-26(21-22-32(41)28(3)23-31-25-47-30(5)40-31)19-18-20-27(2)35(46-49(16,17)38(9,10)11)29(4)36(44)39(12,13)33(24-34(42)43)45-48(14,15)37(6,7)8/h18,20-21,23,25,27,29,32-33,35,41H,19,22,24H2,1-17H3,(H,42,43)/b20-18+,26-21-,28-23+/t27-,29+,32-,33-,35-/m0/s1. The Labute approximate surface area is 305 Å². The van der Waals surface area contributed by atoms with Crippen molar-refractivity contribution in [3.63, 3.8) is 0 Å². The first-order valence-electron chi connectivity index (χ1n) is 17.8. The Morgan fingerprint density at radius 3 is 1.96 bits per heavy atom. The number of hydrogen-bond acceptors (Lipinski definition) is 7. The molecule has 0 unspecified atom stereocenters. The van der Waals surface area contributed by atoms with Crippen molar-refractivity contribution in [2.75, 3.05) is 0 Å². The molecule has 0 aliphatic carbocycles. The fourth-order valence-corrected chi connectivity index (χ4v) is 8.61. The number of aliphatic carboxylic acids is 1. The molecule has 280 valence electrons. The van der Waals surface area contributed by atoms with E-state index in [0.29, 0.717) is 12.8 Å². The Morgan fingerprint density at radius 2 is 1.49 bits per heavy atom. The maximum absolute atomic E-state index is 14.5. The van der Waals surface area contributed by atoms with E-state index in [0.717, 1.165) is 21.8 Å². The molecule has 1 heterocycles. The van der Waals surface area contributed by atoms with E-state index in [1.54, 1.807) is 11.3 Å². The van der Waals surface area contributed by atoms with Crippen LogP contribution in [0.1, 0.15) is 113 Å². The molecule has 0 aromatic carbocycles. The lowest BCUT2D eigenvalue weighted by atomic mass is 9.73. The zero-order chi connectivity index (χ0) is 38.3. The number of allylic oxidation sites excluding steroid dienone is 2. The van der Waals surface area contributed by atoms with Crippen molar-refractivity contribution < 1.29 is 28.7 Å². The van der Waals surface area contributed by atoms with Crippen LogP contribution >= 0.6 is 11.3 Å². The first kappa shape index (κ1) is 45.3. The number of carboxylic acids is 1. The summed E-state index contributed by atoms with van der Waals surface area (Å²) >= 11 is 1.60. The van der Waals surface area contributed by atoms with Gasteiger partial charge in [0.2, 0.25) is 0 Å². The lowest BCUT2D eigenvalue weighted by molar-refractivity contribution is -0.146. The minimum absolute atomic E-state index is 0.0391. The molecule has 10 heteroatoms. The molecule has 5 atom stereocenters. The quantitative estimate of drug-likeness (QED) is 0.114. The van der Waals surface area contributed by atoms with Gasteiger partial charge in [0.25, 0.3) is 0 Å². The number of aryl methyl sites for hydroxylation is 1. The summed E-state index contributed by atoms with van der Waals surface area (Å²) in [5.41, 5.74) is 1.86. The van der Waals surface area contributed by atoms with Crippen molar-refractivity contribution in [1.29, 1.82) is 0 Å². The summed E-state index contributed by atoms with van der Waals surface area (Å²) < 4.78 is 13.7. The molecule has 0 spiro atoms. The van der Waals surface area contributed by atoms with Gasteiger partial charge >= 0.3 is 5.97 Å². The lowest BCUT2D eigenvalue weighted by Crippen LogP contribution is -2.54. The summed E-state index contributed by atoms with van der Waals surface area (Å²) in [5.74, 6) is -1.58. The molecule has 0 aliphatic rings. The number of thiazole rings is 1. The fraction of sp³-hybridized carbons (Fsp3) is 0.718. The molecule has 1 aromatic heterocycles. The van der Waals surface area contributed by atoms with Crippen LogP contribution in [0.5, 0.6) is 0 Å². The van der Waals surface area contributed by atoms with Crippen LogP contribution in [0.25, 0.3) is 6.08 Å². The van der Waals surface area contributed by atoms with Crippen molar-refractivity contribution in [3.8, 4) is 0 Å². The summed E-state index contributed by atoms with van der Waals surface area (Å²) in [4.78, 5) is 31.0. The maximum atomic E-state index is 14.5. The molecule has 1 aromatic rings. The van der Waals surface area contributed by atoms with E-state index in [9.17, 15) is 19.8 Å². The number of hydrogen-bond donors (Lipinski definition) is 2. The highest BCUT2D eigenvalue weighted by molar-refractivity contribution is 7.09. The van der Waals surface area contributed by atoms with E-state index in [1.807, 2.05) is 46.1 Å². The molecule has 0 amide bonds. The number of carbonyl (C=O) groups excluding carboxylic acids is 1. The number of aromatic nitrogens is 1. The van der Waals surface area contributed by atoms with E-state index in [1.165, 1.54) is 0 Å². The number of aliphatic hydroxyl groups excluding tert-OH is 1. The van der Waals surface area contributed by atoms with Crippen LogP contribution in [-0.2, 0) is 18.4 Å². The Hall–Kier alpha value is -1.70. The molecule has 1 rings (SSSR count). The van der Waals surface area contributed by atoms with Crippen molar-refractivity contribution in [2.45, 2.75) is 164 Å². The minimum Gasteiger partial charge on any atom is -0.481 e. The van der Waals surface area contributed by atoms with Gasteiger partial charge in [-0.15, -0.1) is 11.3 Å². The second-order valence-corrected chi connectivity index (χ2v) is 28.2. The topological polar surface area (TPSA) is 106 Å². The van der Waals surface area contributed by atoms with Gasteiger partial charge in [0.05, 0.1) is 35.4 Å². The molecule has 49 heavy (non-hydrogen) atoms. The smallest absolute Gasteiger partial charge is 0.305 e. The summed E-state index contributed by atoms with van der Waals surface area (Å²) in [5, 5.41) is 23.4. The monoisotopic (exact) mass is 735 g/mol. The molecule has 7 nitrogen and oxygen atoms in total. The second-order valence-electron chi connectivity index (χ2n) is 17.7. The van der Waals surface area contributed by atoms with Crippen LogP contribution in [0, 0.1) is 24.2 Å². The zero-order valence-electron chi connectivity index (χ0n) is 33.8. The highest BCUT2D eigenvalue weighted by atomic mass is 32.1. The Kier molecular flexibility index (Phi) is 16.4. The third kappa shape index (κ3) is 13.4. The van der Waals surface area contributed by atoms with E-state index in [4.69, 9.17) is 8.85 Å². The van der Waals surface area contributed by atoms with E-state index < -0.39 is 52.2 Å². The average molecular weight is 736 g/mol. The van der Waals surface area contributed by atoms with E-state index >= 15 is 0 Å². The summed E-state index contributed by atoms with van der Waals surface area (Å²) in [7, 11) is -4.67. The highest BCUT2D eigenvalue weighted by Crippen LogP contribution is 2.43. The third-order valence-electron chi connectivity index (χ3n) is 10.8. The van der Waals surface area contributed by atoms with Gasteiger partial charge in [-0.1, -0.05) is 93.0 Å². The maximum Gasteiger partial charge on any atom is 0.305 e. The van der Waals surface area contributed by atoms with Gasteiger partial charge in [0.1, 0.15) is 5.78 Å². The predicted octanol–water partition coefficient (Wildman–Crippen LogP) is 10.6. The predicted molar refractivity (Wildman–Crippen MR) is 212 cm³/mol. The molecular weight excluding hydrogens is 667 g/mol. The summed E-state index contributed by atoms with van der Waals surface area (Å²) in [6.07, 6.45) is 7.55. The minimum atomic E-state index is -2.38. The van der Waals surface area contributed by atoms with E-state index in [2.05, 4.69) is 105 Å². The Morgan fingerprint density at radius 1 is 0.959 bits per heavy atom. The van der Waals surface area contributed by atoms with Crippen LogP contribution in [0.3, 0.4) is 0 Å². The fourth-order valence-electron chi connectivity index (χ4n) is 5.15. The third-order valence-corrected chi connectivity index (χ3v) is 20.6. The van der Waals surface area contributed by atoms with Crippen molar-refractivity contribution >= 4 is 45.8 Å². The van der Waals surface area contributed by atoms with E-state index in [-0.39, 0.29) is 28.2 Å². The van der Waals surface area contributed by atoms with Gasteiger partial charge in [-0.25, -0.2) is 4.98 Å². The van der Waals surface area contributed by atoms with Gasteiger partial charge in [0, 0.05) is 16.7 Å². The van der Waals surface area contributed by atoms with Gasteiger partial charge in [-0.05, 0) is 87.4 Å². The number of ketones is 1. The molecule has 2 N–H and O–H groups in total. The van der Waals surface area contributed by atoms with Crippen LogP contribution < -0.4 is 0 Å². The van der Waals surface area contributed by atoms with Crippen LogP contribution in [-0.4, -0.2) is 61.9 Å². The van der Waals surface area contributed by atoms with Gasteiger partial charge in [0.15, 0.2) is 16.6 Å². The number of nitrogens with zero attached hydrogens (tertiary/aromatic N) is 1. The average Bonchev–Trinajstić information content (AvgIpc) is 3.35. The largest absolute Gasteiger partial charge is 0.481 e. The molecule has 0 fully saturated rings. The van der Waals surface area contributed by atoms with Crippen molar-refractivity contribution in [1.82, 2.24) is 4.98 Å². The van der Waals surface area contributed by atoms with Gasteiger partial charge in [-0.2, -0.15) is 0 Å². The lowest BCUT2D eigenvalue weighted by Gasteiger charge is -2.46. The number of carbonyl (C=O) groups is 2. The number of Topliss-reactive ketones (excluding diaryl/α,β-unsaturated/α-hetero) is 1. The molecule has 0 saturated carbocycles. The molecule has 0 aliphatic heterocycles. The van der Waals surface area contributed by atoms with Gasteiger partial charge < -0.3 is 19.1 Å². The highest BCUT2D eigenvalue weighted by Gasteiger charge is 2.49. The number of aliphatic hydroxyl groups is 1. The molecule has 0 radical (unpaired) electrons. The zero-order valence-corrected chi connectivity index (χ0v) is 36.6. The number of carboxylic acid groups (broad SMARTS) is 1. The first-order chi connectivity index (χ1) is 22.0. The summed E-state index contributed by atoms with van der Waals surface area (Å²) in [6.45, 7) is 35.2. The Bertz CT molecular complexity index is 1350. The molecular formula is C39H69NO6SSi2. The van der Waals surface area contributed by atoms with Crippen LogP contribution in [0.15, 0.2) is 34.8 Å². The first-order valence-corrected chi connectivity index (χ1v) is 24.5. The summed E-state index contributed by atoms with van der Waals surface area (Å²) in [6, 6.07) is 0. The van der Waals surface area contributed by atoms with Gasteiger partial charge in [-0.3, -0.25) is 9.59 Å².